The van der Waals surface area contributed by atoms with E-state index < -0.39 is 17.4 Å². The molecule has 0 atom stereocenters. The smallest absolute Gasteiger partial charge is 0.352 e. The molecule has 0 radical (unpaired) electrons. The van der Waals surface area contributed by atoms with Crippen LogP contribution in [0.2, 0.25) is 0 Å². The molecule has 1 saturated carbocycles. The van der Waals surface area contributed by atoms with Gasteiger partial charge in [0.15, 0.2) is 5.82 Å². The molecule has 1 fully saturated rings. The third kappa shape index (κ3) is 1.73. The van der Waals surface area contributed by atoms with Crippen LogP contribution in [0.25, 0.3) is 0 Å². The number of halogens is 2. The lowest BCUT2D eigenvalue weighted by atomic mass is 9.75. The third-order valence-electron chi connectivity index (χ3n) is 3.96. The zero-order valence-corrected chi connectivity index (χ0v) is 10.2. The van der Waals surface area contributed by atoms with Gasteiger partial charge in [-0.1, -0.05) is 0 Å². The minimum Gasteiger partial charge on any atom is -0.383 e. The molecular weight excluding hydrogens is 258 g/mol. The molecule has 1 amide bonds. The van der Waals surface area contributed by atoms with Gasteiger partial charge in [0.2, 0.25) is 0 Å². The molecule has 6 nitrogen and oxygen atoms in total. The minimum absolute atomic E-state index is 0.00447. The summed E-state index contributed by atoms with van der Waals surface area (Å²) in [5, 5.41) is 17.2. The number of rotatable bonds is 2. The van der Waals surface area contributed by atoms with E-state index in [1.54, 1.807) is 4.57 Å². The van der Waals surface area contributed by atoms with Crippen molar-refractivity contribution < 1.29 is 18.7 Å². The van der Waals surface area contributed by atoms with E-state index in [1.165, 1.54) is 6.33 Å². The van der Waals surface area contributed by atoms with E-state index >= 15 is 0 Å². The van der Waals surface area contributed by atoms with E-state index in [0.717, 1.165) is 4.90 Å². The van der Waals surface area contributed by atoms with Crippen molar-refractivity contribution in [3.8, 4) is 0 Å². The van der Waals surface area contributed by atoms with E-state index in [9.17, 15) is 18.7 Å². The van der Waals surface area contributed by atoms with Gasteiger partial charge < -0.3 is 14.6 Å². The van der Waals surface area contributed by atoms with Crippen LogP contribution in [0.3, 0.4) is 0 Å². The number of amides is 1. The monoisotopic (exact) mass is 272 g/mol. The van der Waals surface area contributed by atoms with Gasteiger partial charge in [-0.15, -0.1) is 10.2 Å². The average Bonchev–Trinajstić information content (AvgIpc) is 2.81. The Labute approximate surface area is 108 Å². The summed E-state index contributed by atoms with van der Waals surface area (Å²) in [5.41, 5.74) is -2.17. The van der Waals surface area contributed by atoms with Crippen LogP contribution in [-0.2, 0) is 17.9 Å². The van der Waals surface area contributed by atoms with E-state index in [1.807, 2.05) is 0 Å². The van der Waals surface area contributed by atoms with Gasteiger partial charge in [0.1, 0.15) is 11.9 Å². The van der Waals surface area contributed by atoms with Crippen molar-refractivity contribution in [2.45, 2.75) is 43.9 Å². The Morgan fingerprint density at radius 3 is 2.79 bits per heavy atom. The van der Waals surface area contributed by atoms with Crippen LogP contribution < -0.4 is 0 Å². The third-order valence-corrected chi connectivity index (χ3v) is 3.96. The highest BCUT2D eigenvalue weighted by molar-refractivity contribution is 5.85. The van der Waals surface area contributed by atoms with Crippen molar-refractivity contribution in [1.82, 2.24) is 19.7 Å². The maximum Gasteiger partial charge on any atom is 0.352 e. The van der Waals surface area contributed by atoms with Gasteiger partial charge in [0, 0.05) is 13.1 Å². The summed E-state index contributed by atoms with van der Waals surface area (Å²) in [4.78, 5) is 13.0. The molecule has 1 aliphatic heterocycles. The number of aromatic nitrogens is 3. The van der Waals surface area contributed by atoms with Crippen LogP contribution in [0, 0.1) is 0 Å². The zero-order valence-electron chi connectivity index (χ0n) is 10.2. The van der Waals surface area contributed by atoms with Gasteiger partial charge in [-0.2, -0.15) is 8.78 Å². The fraction of sp³-hybridized carbons (Fsp3) is 0.727. The first kappa shape index (κ1) is 12.5. The molecule has 1 N–H and O–H groups in total. The summed E-state index contributed by atoms with van der Waals surface area (Å²) in [6.07, 6.45) is 1.97. The highest BCUT2D eigenvalue weighted by Gasteiger charge is 2.62. The van der Waals surface area contributed by atoms with E-state index in [2.05, 4.69) is 10.2 Å². The second-order valence-corrected chi connectivity index (χ2v) is 5.13. The van der Waals surface area contributed by atoms with Crippen LogP contribution in [0.4, 0.5) is 8.78 Å². The molecule has 19 heavy (non-hydrogen) atoms. The molecule has 0 saturated heterocycles. The van der Waals surface area contributed by atoms with E-state index in [-0.39, 0.29) is 25.9 Å². The van der Waals surface area contributed by atoms with Crippen LogP contribution in [0.15, 0.2) is 6.33 Å². The SMILES string of the molecule is O=C(N1CCn2cnnc2C1)C(F)(F)C1(O)CCC1. The number of hydrogen-bond acceptors (Lipinski definition) is 4. The Balaban J connectivity index is 1.78. The molecule has 104 valence electrons. The fourth-order valence-electron chi connectivity index (χ4n) is 2.46. The summed E-state index contributed by atoms with van der Waals surface area (Å²) < 4.78 is 29.8. The van der Waals surface area contributed by atoms with Crippen LogP contribution >= 0.6 is 0 Å². The Kier molecular flexibility index (Phi) is 2.60. The van der Waals surface area contributed by atoms with Crippen molar-refractivity contribution in [3.63, 3.8) is 0 Å². The number of nitrogens with zero attached hydrogens (tertiary/aromatic N) is 4. The lowest BCUT2D eigenvalue weighted by molar-refractivity contribution is -0.224. The number of aliphatic hydroxyl groups is 1. The lowest BCUT2D eigenvalue weighted by Gasteiger charge is -2.43. The van der Waals surface area contributed by atoms with Crippen molar-refractivity contribution in [1.29, 1.82) is 0 Å². The number of carbonyl (C=O) groups is 1. The van der Waals surface area contributed by atoms with Crippen LogP contribution in [0.5, 0.6) is 0 Å². The van der Waals surface area contributed by atoms with Gasteiger partial charge in [0.25, 0.3) is 5.91 Å². The molecule has 1 aromatic heterocycles. The van der Waals surface area contributed by atoms with Crippen molar-refractivity contribution in [2.24, 2.45) is 0 Å². The average molecular weight is 272 g/mol. The molecule has 3 rings (SSSR count). The zero-order chi connectivity index (χ0) is 13.7. The summed E-state index contributed by atoms with van der Waals surface area (Å²) >= 11 is 0. The van der Waals surface area contributed by atoms with Gasteiger partial charge in [-0.3, -0.25) is 4.79 Å². The summed E-state index contributed by atoms with van der Waals surface area (Å²) in [6, 6.07) is 0. The standard InChI is InChI=1S/C11H14F2N4O2/c12-11(13,10(19)2-1-3-10)9(18)16-4-5-17-7-14-15-8(17)6-16/h7,19H,1-6H2. The van der Waals surface area contributed by atoms with Crippen molar-refractivity contribution in [3.05, 3.63) is 12.2 Å². The van der Waals surface area contributed by atoms with Crippen LogP contribution in [-0.4, -0.2) is 48.7 Å². The number of fused-ring (bicyclic) bond motifs is 1. The van der Waals surface area contributed by atoms with Crippen molar-refractivity contribution in [2.75, 3.05) is 6.54 Å². The van der Waals surface area contributed by atoms with Gasteiger partial charge in [0.05, 0.1) is 6.54 Å². The Morgan fingerprint density at radius 2 is 2.16 bits per heavy atom. The molecule has 2 heterocycles. The van der Waals surface area contributed by atoms with Gasteiger partial charge in [-0.25, -0.2) is 0 Å². The number of carbonyl (C=O) groups excluding carboxylic acids is 1. The second kappa shape index (κ2) is 3.96. The normalized spacial score (nSPS) is 21.7. The Bertz CT molecular complexity index is 513. The molecule has 1 aromatic rings. The molecule has 2 aliphatic rings. The topological polar surface area (TPSA) is 71.2 Å². The lowest BCUT2D eigenvalue weighted by Crippen LogP contribution is -2.61. The predicted molar refractivity (Wildman–Crippen MR) is 59.2 cm³/mol. The molecule has 0 unspecified atom stereocenters. The molecular formula is C11H14F2N4O2. The minimum atomic E-state index is -3.73. The molecule has 0 spiro atoms. The number of hydrogen-bond donors (Lipinski definition) is 1. The van der Waals surface area contributed by atoms with Gasteiger partial charge in [-0.05, 0) is 19.3 Å². The Hall–Kier alpha value is -1.57. The fourth-order valence-corrected chi connectivity index (χ4v) is 2.46. The van der Waals surface area contributed by atoms with E-state index in [0.29, 0.717) is 18.8 Å². The summed E-state index contributed by atoms with van der Waals surface area (Å²) in [5.74, 6) is -4.56. The molecule has 0 aromatic carbocycles. The van der Waals surface area contributed by atoms with Gasteiger partial charge >= 0.3 is 5.92 Å². The highest BCUT2D eigenvalue weighted by Crippen LogP contribution is 2.45. The second-order valence-electron chi connectivity index (χ2n) is 5.13. The number of alkyl halides is 2. The maximum atomic E-state index is 14.0. The maximum absolute atomic E-state index is 14.0. The molecule has 8 heteroatoms. The predicted octanol–water partition coefficient (Wildman–Crippen LogP) is 0.171. The first-order valence-corrected chi connectivity index (χ1v) is 6.20. The van der Waals surface area contributed by atoms with Crippen LogP contribution in [0.1, 0.15) is 25.1 Å². The molecule has 0 bridgehead atoms. The van der Waals surface area contributed by atoms with E-state index in [4.69, 9.17) is 0 Å². The highest BCUT2D eigenvalue weighted by atomic mass is 19.3. The van der Waals surface area contributed by atoms with Crippen molar-refractivity contribution >= 4 is 5.91 Å². The summed E-state index contributed by atoms with van der Waals surface area (Å²) in [7, 11) is 0. The molecule has 1 aliphatic carbocycles. The summed E-state index contributed by atoms with van der Waals surface area (Å²) in [6.45, 7) is 0.572. The Morgan fingerprint density at radius 1 is 1.42 bits per heavy atom. The first-order chi connectivity index (χ1) is 8.94. The first-order valence-electron chi connectivity index (χ1n) is 6.20. The quantitative estimate of drug-likeness (QED) is 0.833. The largest absolute Gasteiger partial charge is 0.383 e.